The third-order valence-electron chi connectivity index (χ3n) is 5.11. The molecular formula is C26H29ClN2O3. The molecule has 0 saturated heterocycles. The van der Waals surface area contributed by atoms with Crippen LogP contribution >= 0.6 is 11.6 Å². The summed E-state index contributed by atoms with van der Waals surface area (Å²) in [6.07, 6.45) is 0. The Morgan fingerprint density at radius 2 is 1.78 bits per heavy atom. The molecule has 3 aromatic rings. The standard InChI is InChI=1S/C26H29ClN2O3/c1-5-31-24-14-20(15-28-23-11-7-9-18(3)19(23)4)13-22(27)26(24)32-16-25(30)29-21-10-6-8-17(2)12-21/h6-14,28H,5,15-16H2,1-4H3,(H,29,30). The van der Waals surface area contributed by atoms with E-state index in [1.165, 1.54) is 11.1 Å². The number of rotatable bonds is 9. The van der Waals surface area contributed by atoms with Gasteiger partial charge >= 0.3 is 0 Å². The number of benzene rings is 3. The van der Waals surface area contributed by atoms with Gasteiger partial charge in [-0.1, -0.05) is 35.9 Å². The molecule has 3 aromatic carbocycles. The number of ether oxygens (including phenoxy) is 2. The van der Waals surface area contributed by atoms with Crippen LogP contribution < -0.4 is 20.1 Å². The fourth-order valence-electron chi connectivity index (χ4n) is 3.32. The first-order valence-electron chi connectivity index (χ1n) is 10.6. The van der Waals surface area contributed by atoms with E-state index in [0.717, 1.165) is 22.5 Å². The molecule has 0 fully saturated rings. The molecule has 0 radical (unpaired) electrons. The number of nitrogens with one attached hydrogen (secondary N) is 2. The highest BCUT2D eigenvalue weighted by molar-refractivity contribution is 6.32. The Hall–Kier alpha value is -3.18. The fourth-order valence-corrected chi connectivity index (χ4v) is 3.61. The maximum atomic E-state index is 12.3. The number of hydrogen-bond acceptors (Lipinski definition) is 4. The molecule has 5 nitrogen and oxygen atoms in total. The van der Waals surface area contributed by atoms with E-state index in [2.05, 4.69) is 36.6 Å². The van der Waals surface area contributed by atoms with E-state index in [0.29, 0.717) is 29.7 Å². The van der Waals surface area contributed by atoms with Gasteiger partial charge in [0.15, 0.2) is 18.1 Å². The maximum Gasteiger partial charge on any atom is 0.262 e. The van der Waals surface area contributed by atoms with Crippen LogP contribution in [-0.4, -0.2) is 19.1 Å². The molecule has 0 aliphatic heterocycles. The normalized spacial score (nSPS) is 10.5. The number of anilines is 2. The zero-order valence-corrected chi connectivity index (χ0v) is 19.7. The summed E-state index contributed by atoms with van der Waals surface area (Å²) in [6, 6.07) is 17.5. The SMILES string of the molecule is CCOc1cc(CNc2cccc(C)c2C)cc(Cl)c1OCC(=O)Nc1cccc(C)c1. The molecule has 0 saturated carbocycles. The van der Waals surface area contributed by atoms with E-state index in [9.17, 15) is 4.79 Å². The number of aryl methyl sites for hydroxylation is 2. The van der Waals surface area contributed by atoms with Crippen LogP contribution in [0, 0.1) is 20.8 Å². The van der Waals surface area contributed by atoms with Crippen LogP contribution in [0.2, 0.25) is 5.02 Å². The predicted octanol–water partition coefficient (Wildman–Crippen LogP) is 6.29. The number of halogens is 1. The minimum Gasteiger partial charge on any atom is -0.490 e. The Morgan fingerprint density at radius 1 is 1.00 bits per heavy atom. The summed E-state index contributed by atoms with van der Waals surface area (Å²) in [4.78, 5) is 12.3. The third-order valence-corrected chi connectivity index (χ3v) is 5.39. The predicted molar refractivity (Wildman–Crippen MR) is 131 cm³/mol. The van der Waals surface area contributed by atoms with Crippen LogP contribution in [0.4, 0.5) is 11.4 Å². The Labute approximate surface area is 194 Å². The maximum absolute atomic E-state index is 12.3. The minimum atomic E-state index is -0.269. The van der Waals surface area contributed by atoms with Crippen molar-refractivity contribution in [1.82, 2.24) is 0 Å². The van der Waals surface area contributed by atoms with Gasteiger partial charge in [0.1, 0.15) is 0 Å². The highest BCUT2D eigenvalue weighted by Gasteiger charge is 2.15. The molecule has 0 unspecified atom stereocenters. The largest absolute Gasteiger partial charge is 0.490 e. The van der Waals surface area contributed by atoms with E-state index in [4.69, 9.17) is 21.1 Å². The third kappa shape index (κ3) is 6.17. The number of carbonyl (C=O) groups is 1. The second-order valence-corrected chi connectivity index (χ2v) is 8.05. The van der Waals surface area contributed by atoms with Gasteiger partial charge in [-0.3, -0.25) is 4.79 Å². The fraction of sp³-hybridized carbons (Fsp3) is 0.269. The summed E-state index contributed by atoms with van der Waals surface area (Å²) in [5.41, 5.74) is 6.26. The van der Waals surface area contributed by atoms with Gasteiger partial charge in [0.05, 0.1) is 11.6 Å². The van der Waals surface area contributed by atoms with Crippen LogP contribution in [0.15, 0.2) is 54.6 Å². The summed E-state index contributed by atoms with van der Waals surface area (Å²) in [5.74, 6) is 0.610. The molecule has 0 atom stereocenters. The molecule has 168 valence electrons. The molecular weight excluding hydrogens is 424 g/mol. The van der Waals surface area contributed by atoms with Gasteiger partial charge in [0.25, 0.3) is 5.91 Å². The summed E-state index contributed by atoms with van der Waals surface area (Å²) in [5, 5.41) is 6.67. The van der Waals surface area contributed by atoms with E-state index in [-0.39, 0.29) is 12.5 Å². The van der Waals surface area contributed by atoms with Crippen molar-refractivity contribution in [3.63, 3.8) is 0 Å². The van der Waals surface area contributed by atoms with Gasteiger partial charge in [-0.05, 0) is 80.3 Å². The summed E-state index contributed by atoms with van der Waals surface area (Å²) >= 11 is 6.51. The molecule has 0 spiro atoms. The minimum absolute atomic E-state index is 0.173. The van der Waals surface area contributed by atoms with Crippen LogP contribution in [0.25, 0.3) is 0 Å². The van der Waals surface area contributed by atoms with E-state index in [1.807, 2.05) is 56.3 Å². The monoisotopic (exact) mass is 452 g/mol. The van der Waals surface area contributed by atoms with Crippen molar-refractivity contribution >= 4 is 28.9 Å². The van der Waals surface area contributed by atoms with E-state index in [1.54, 1.807) is 0 Å². The average Bonchev–Trinajstić information content (AvgIpc) is 2.74. The second-order valence-electron chi connectivity index (χ2n) is 7.65. The van der Waals surface area contributed by atoms with Crippen molar-refractivity contribution in [2.24, 2.45) is 0 Å². The van der Waals surface area contributed by atoms with Gasteiger partial charge in [-0.25, -0.2) is 0 Å². The lowest BCUT2D eigenvalue weighted by Gasteiger charge is -2.16. The number of amides is 1. The van der Waals surface area contributed by atoms with Gasteiger partial charge < -0.3 is 20.1 Å². The van der Waals surface area contributed by atoms with Crippen LogP contribution in [0.3, 0.4) is 0 Å². The van der Waals surface area contributed by atoms with Gasteiger partial charge in [-0.15, -0.1) is 0 Å². The molecule has 32 heavy (non-hydrogen) atoms. The topological polar surface area (TPSA) is 59.6 Å². The zero-order valence-electron chi connectivity index (χ0n) is 18.9. The van der Waals surface area contributed by atoms with E-state index >= 15 is 0 Å². The van der Waals surface area contributed by atoms with Gasteiger partial charge in [0, 0.05) is 17.9 Å². The Balaban J connectivity index is 1.69. The van der Waals surface area contributed by atoms with Gasteiger partial charge in [-0.2, -0.15) is 0 Å². The first-order valence-corrected chi connectivity index (χ1v) is 11.0. The molecule has 0 aliphatic rings. The summed E-state index contributed by atoms with van der Waals surface area (Å²) in [6.45, 7) is 8.91. The van der Waals surface area contributed by atoms with Crippen molar-refractivity contribution < 1.29 is 14.3 Å². The molecule has 0 bridgehead atoms. The van der Waals surface area contributed by atoms with Crippen LogP contribution in [0.5, 0.6) is 11.5 Å². The molecule has 6 heteroatoms. The highest BCUT2D eigenvalue weighted by Crippen LogP contribution is 2.37. The van der Waals surface area contributed by atoms with Gasteiger partial charge in [0.2, 0.25) is 0 Å². The van der Waals surface area contributed by atoms with Crippen molar-refractivity contribution in [3.05, 3.63) is 81.9 Å². The summed E-state index contributed by atoms with van der Waals surface area (Å²) < 4.78 is 11.5. The first kappa shape index (κ1) is 23.5. The Bertz CT molecular complexity index is 1100. The number of carbonyl (C=O) groups excluding carboxylic acids is 1. The molecule has 0 aliphatic carbocycles. The first-order chi connectivity index (χ1) is 15.4. The molecule has 2 N–H and O–H groups in total. The van der Waals surface area contributed by atoms with Crippen molar-refractivity contribution in [1.29, 1.82) is 0 Å². The number of hydrogen-bond donors (Lipinski definition) is 2. The van der Waals surface area contributed by atoms with Crippen molar-refractivity contribution in [3.8, 4) is 11.5 Å². The lowest BCUT2D eigenvalue weighted by Crippen LogP contribution is -2.20. The zero-order chi connectivity index (χ0) is 23.1. The Kier molecular flexibility index (Phi) is 8.01. The summed E-state index contributed by atoms with van der Waals surface area (Å²) in [7, 11) is 0. The van der Waals surface area contributed by atoms with E-state index < -0.39 is 0 Å². The molecule has 1 amide bonds. The average molecular weight is 453 g/mol. The van der Waals surface area contributed by atoms with Crippen LogP contribution in [0.1, 0.15) is 29.2 Å². The van der Waals surface area contributed by atoms with Crippen molar-refractivity contribution in [2.75, 3.05) is 23.8 Å². The molecule has 0 heterocycles. The molecule has 0 aromatic heterocycles. The smallest absolute Gasteiger partial charge is 0.262 e. The second kappa shape index (κ2) is 10.9. The molecule has 3 rings (SSSR count). The van der Waals surface area contributed by atoms with Crippen LogP contribution in [-0.2, 0) is 11.3 Å². The highest BCUT2D eigenvalue weighted by atomic mass is 35.5. The van der Waals surface area contributed by atoms with Crippen molar-refractivity contribution in [2.45, 2.75) is 34.2 Å². The lowest BCUT2D eigenvalue weighted by molar-refractivity contribution is -0.118. The lowest BCUT2D eigenvalue weighted by atomic mass is 10.1. The Morgan fingerprint density at radius 3 is 2.53 bits per heavy atom. The quantitative estimate of drug-likeness (QED) is 0.400.